The van der Waals surface area contributed by atoms with E-state index in [-0.39, 0.29) is 6.10 Å². The summed E-state index contributed by atoms with van der Waals surface area (Å²) in [5.41, 5.74) is 7.69. The Labute approximate surface area is 173 Å². The van der Waals surface area contributed by atoms with Crippen LogP contribution in [0.4, 0.5) is 5.82 Å². The Bertz CT molecular complexity index is 770. The summed E-state index contributed by atoms with van der Waals surface area (Å²) in [4.78, 5) is 4.82. The van der Waals surface area contributed by atoms with Gasteiger partial charge in [0.1, 0.15) is 16.9 Å². The lowest BCUT2D eigenvalue weighted by molar-refractivity contribution is 0.0780. The number of hydrogen-bond acceptors (Lipinski definition) is 7. The summed E-state index contributed by atoms with van der Waals surface area (Å²) in [7, 11) is 0. The first-order chi connectivity index (χ1) is 14.1. The van der Waals surface area contributed by atoms with Crippen LogP contribution in [0.15, 0.2) is 0 Å². The van der Waals surface area contributed by atoms with Crippen molar-refractivity contribution in [1.82, 2.24) is 25.1 Å². The first-order valence-electron chi connectivity index (χ1n) is 11.1. The van der Waals surface area contributed by atoms with Gasteiger partial charge in [0, 0.05) is 32.2 Å². The molecule has 2 aromatic rings. The molecule has 1 fully saturated rings. The number of aryl methyl sites for hydroxylation is 2. The quantitative estimate of drug-likeness (QED) is 0.555. The van der Waals surface area contributed by atoms with Crippen LogP contribution in [0, 0.1) is 0 Å². The van der Waals surface area contributed by atoms with Gasteiger partial charge in [-0.1, -0.05) is 13.3 Å². The monoisotopic (exact) mass is 404 g/mol. The molecule has 3 N–H and O–H groups in total. The van der Waals surface area contributed by atoms with E-state index in [1.807, 2.05) is 13.8 Å². The molecule has 1 saturated heterocycles. The van der Waals surface area contributed by atoms with Gasteiger partial charge in [0.25, 0.3) is 5.88 Å². The standard InChI is InChI=1S/C21H36N6O2/c1-4-5-8-17-24-18-19(21(29-15(2)3)26-25-20(18)22)27(17)12-7-6-11-23-16-9-13-28-14-10-16/h15-16,23H,4-14H2,1-3H3,(H2,22,25). The van der Waals surface area contributed by atoms with Crippen molar-refractivity contribution in [2.24, 2.45) is 0 Å². The maximum Gasteiger partial charge on any atom is 0.260 e. The van der Waals surface area contributed by atoms with Crippen molar-refractivity contribution in [3.05, 3.63) is 5.82 Å². The Balaban J connectivity index is 1.71. The number of unbranched alkanes of at least 4 members (excludes halogenated alkanes) is 2. The highest BCUT2D eigenvalue weighted by molar-refractivity contribution is 5.88. The fourth-order valence-electron chi connectivity index (χ4n) is 3.76. The molecule has 0 saturated carbocycles. The minimum Gasteiger partial charge on any atom is -0.472 e. The maximum absolute atomic E-state index is 6.10. The molecule has 3 rings (SSSR count). The average Bonchev–Trinajstić information content (AvgIpc) is 3.08. The molecular formula is C21H36N6O2. The second-order valence-corrected chi connectivity index (χ2v) is 8.09. The molecule has 29 heavy (non-hydrogen) atoms. The highest BCUT2D eigenvalue weighted by Crippen LogP contribution is 2.29. The summed E-state index contributed by atoms with van der Waals surface area (Å²) in [5, 5.41) is 11.9. The number of aromatic nitrogens is 4. The van der Waals surface area contributed by atoms with Crippen molar-refractivity contribution in [2.45, 2.75) is 84.4 Å². The van der Waals surface area contributed by atoms with E-state index >= 15 is 0 Å². The molecule has 0 radical (unpaired) electrons. The van der Waals surface area contributed by atoms with E-state index < -0.39 is 0 Å². The molecule has 1 aliphatic rings. The predicted octanol–water partition coefficient (Wildman–Crippen LogP) is 3.09. The Morgan fingerprint density at radius 1 is 1.21 bits per heavy atom. The minimum atomic E-state index is 0.0160. The Morgan fingerprint density at radius 3 is 2.72 bits per heavy atom. The summed E-state index contributed by atoms with van der Waals surface area (Å²) < 4.78 is 13.6. The van der Waals surface area contributed by atoms with Crippen molar-refractivity contribution in [1.29, 1.82) is 0 Å². The second-order valence-electron chi connectivity index (χ2n) is 8.09. The van der Waals surface area contributed by atoms with Gasteiger partial charge in [0.15, 0.2) is 5.82 Å². The highest BCUT2D eigenvalue weighted by Gasteiger charge is 2.20. The first kappa shape index (κ1) is 21.8. The van der Waals surface area contributed by atoms with Gasteiger partial charge in [-0.25, -0.2) is 4.98 Å². The molecule has 0 unspecified atom stereocenters. The normalized spacial score (nSPS) is 15.4. The first-order valence-corrected chi connectivity index (χ1v) is 11.1. The Kier molecular flexibility index (Phi) is 8.06. The van der Waals surface area contributed by atoms with Crippen LogP contribution in [0.3, 0.4) is 0 Å². The third-order valence-electron chi connectivity index (χ3n) is 5.30. The van der Waals surface area contributed by atoms with Crippen molar-refractivity contribution >= 4 is 16.9 Å². The average molecular weight is 405 g/mol. The third-order valence-corrected chi connectivity index (χ3v) is 5.30. The zero-order chi connectivity index (χ0) is 20.6. The molecule has 0 spiro atoms. The van der Waals surface area contributed by atoms with Gasteiger partial charge >= 0.3 is 0 Å². The number of nitrogens with zero attached hydrogens (tertiary/aromatic N) is 4. The zero-order valence-electron chi connectivity index (χ0n) is 18.1. The molecule has 3 heterocycles. The van der Waals surface area contributed by atoms with Crippen molar-refractivity contribution < 1.29 is 9.47 Å². The number of rotatable bonds is 11. The fourth-order valence-corrected chi connectivity index (χ4v) is 3.76. The number of imidazole rings is 1. The van der Waals surface area contributed by atoms with Gasteiger partial charge in [-0.3, -0.25) is 0 Å². The van der Waals surface area contributed by atoms with Gasteiger partial charge in [0.2, 0.25) is 0 Å². The Hall–Kier alpha value is -1.93. The predicted molar refractivity (Wildman–Crippen MR) is 115 cm³/mol. The number of anilines is 1. The number of nitrogens with two attached hydrogens (primary N) is 1. The molecule has 2 aromatic heterocycles. The summed E-state index contributed by atoms with van der Waals surface area (Å²) in [6.45, 7) is 9.83. The smallest absolute Gasteiger partial charge is 0.260 e. The summed E-state index contributed by atoms with van der Waals surface area (Å²) in [6.07, 6.45) is 7.55. The van der Waals surface area contributed by atoms with E-state index in [2.05, 4.69) is 27.0 Å². The van der Waals surface area contributed by atoms with Crippen molar-refractivity contribution in [3.63, 3.8) is 0 Å². The summed E-state index contributed by atoms with van der Waals surface area (Å²) >= 11 is 0. The van der Waals surface area contributed by atoms with Gasteiger partial charge < -0.3 is 25.1 Å². The van der Waals surface area contributed by atoms with E-state index in [9.17, 15) is 0 Å². The van der Waals surface area contributed by atoms with Gasteiger partial charge in [-0.05, 0) is 52.5 Å². The maximum atomic E-state index is 6.10. The van der Waals surface area contributed by atoms with E-state index in [4.69, 9.17) is 20.2 Å². The molecule has 162 valence electrons. The van der Waals surface area contributed by atoms with E-state index in [0.717, 1.165) is 82.6 Å². The Morgan fingerprint density at radius 2 is 2.00 bits per heavy atom. The van der Waals surface area contributed by atoms with Crippen LogP contribution >= 0.6 is 0 Å². The van der Waals surface area contributed by atoms with E-state index in [1.165, 1.54) is 0 Å². The van der Waals surface area contributed by atoms with Crippen LogP contribution in [0.25, 0.3) is 11.0 Å². The number of nitrogen functional groups attached to an aromatic ring is 1. The van der Waals surface area contributed by atoms with Crippen LogP contribution in [0.2, 0.25) is 0 Å². The molecule has 0 aliphatic carbocycles. The highest BCUT2D eigenvalue weighted by atomic mass is 16.5. The van der Waals surface area contributed by atoms with Gasteiger partial charge in [0.05, 0.1) is 6.10 Å². The molecule has 0 aromatic carbocycles. The van der Waals surface area contributed by atoms with Crippen molar-refractivity contribution in [3.8, 4) is 5.88 Å². The zero-order valence-corrected chi connectivity index (χ0v) is 18.1. The molecule has 8 nitrogen and oxygen atoms in total. The topological polar surface area (TPSA) is 100 Å². The lowest BCUT2D eigenvalue weighted by Crippen LogP contribution is -2.35. The number of ether oxygens (including phenoxy) is 2. The van der Waals surface area contributed by atoms with Gasteiger partial charge in [-0.15, -0.1) is 10.2 Å². The molecule has 8 heteroatoms. The third kappa shape index (κ3) is 5.79. The SMILES string of the molecule is CCCCc1nc2c(N)nnc(OC(C)C)c2n1CCCCNC1CCOCC1. The fraction of sp³-hybridized carbons (Fsp3) is 0.762. The second kappa shape index (κ2) is 10.7. The van der Waals surface area contributed by atoms with Crippen LogP contribution in [0.1, 0.15) is 65.1 Å². The van der Waals surface area contributed by atoms with Crippen molar-refractivity contribution in [2.75, 3.05) is 25.5 Å². The largest absolute Gasteiger partial charge is 0.472 e. The van der Waals surface area contributed by atoms with Crippen LogP contribution < -0.4 is 15.8 Å². The van der Waals surface area contributed by atoms with E-state index in [0.29, 0.717) is 23.3 Å². The van der Waals surface area contributed by atoms with Crippen LogP contribution in [-0.2, 0) is 17.7 Å². The van der Waals surface area contributed by atoms with Crippen LogP contribution in [-0.4, -0.2) is 51.7 Å². The lowest BCUT2D eigenvalue weighted by atomic mass is 10.1. The summed E-state index contributed by atoms with van der Waals surface area (Å²) in [6, 6.07) is 0.596. The molecule has 0 amide bonds. The van der Waals surface area contributed by atoms with Gasteiger partial charge in [-0.2, -0.15) is 0 Å². The lowest BCUT2D eigenvalue weighted by Gasteiger charge is -2.23. The minimum absolute atomic E-state index is 0.0160. The molecule has 0 bridgehead atoms. The van der Waals surface area contributed by atoms with E-state index in [1.54, 1.807) is 0 Å². The number of fused-ring (bicyclic) bond motifs is 1. The molecule has 1 aliphatic heterocycles. The number of hydrogen-bond donors (Lipinski definition) is 2. The number of nitrogens with one attached hydrogen (secondary N) is 1. The summed E-state index contributed by atoms with van der Waals surface area (Å²) in [5.74, 6) is 1.95. The van der Waals surface area contributed by atoms with Crippen LogP contribution in [0.5, 0.6) is 5.88 Å². The molecule has 0 atom stereocenters. The molecular weight excluding hydrogens is 368 g/mol.